The van der Waals surface area contributed by atoms with Gasteiger partial charge in [0, 0.05) is 6.54 Å². The van der Waals surface area contributed by atoms with E-state index in [0.29, 0.717) is 0 Å². The van der Waals surface area contributed by atoms with E-state index in [2.05, 4.69) is 4.90 Å². The van der Waals surface area contributed by atoms with Crippen LogP contribution in [0.5, 0.6) is 0 Å². The van der Waals surface area contributed by atoms with E-state index < -0.39 is 0 Å². The fourth-order valence-corrected chi connectivity index (χ4v) is 5.98. The van der Waals surface area contributed by atoms with Gasteiger partial charge in [-0.3, -0.25) is 0 Å². The second kappa shape index (κ2) is 3.98. The van der Waals surface area contributed by atoms with E-state index in [1.54, 1.807) is 44.9 Å². The fourth-order valence-electron chi connectivity index (χ4n) is 5.98. The number of likely N-dealkylation sites (tertiary alicyclic amines) is 1. The Morgan fingerprint density at radius 2 is 1.41 bits per heavy atom. The first kappa shape index (κ1) is 10.8. The van der Waals surface area contributed by atoms with Crippen LogP contribution >= 0.6 is 0 Å². The van der Waals surface area contributed by atoms with Crippen molar-refractivity contribution in [2.24, 2.45) is 23.2 Å². The standard InChI is InChI=1S/C16H27N/c1-2-6-17(5-1)12-16-9-13-3-4-14(10-16)8-15(7-13)11-16/h13-15H,1-12H2. The van der Waals surface area contributed by atoms with Crippen LogP contribution in [0.1, 0.15) is 57.8 Å². The second-order valence-electron chi connectivity index (χ2n) is 7.74. The zero-order valence-electron chi connectivity index (χ0n) is 11.2. The molecule has 0 N–H and O–H groups in total. The van der Waals surface area contributed by atoms with Crippen LogP contribution in [0.15, 0.2) is 0 Å². The molecule has 1 aliphatic heterocycles. The molecule has 4 saturated carbocycles. The number of nitrogens with zero attached hydrogens (tertiary/aromatic N) is 1. The minimum absolute atomic E-state index is 0.775. The summed E-state index contributed by atoms with van der Waals surface area (Å²) in [6.45, 7) is 4.28. The van der Waals surface area contributed by atoms with Gasteiger partial charge in [0.15, 0.2) is 0 Å². The van der Waals surface area contributed by atoms with Crippen LogP contribution in [0.4, 0.5) is 0 Å². The molecule has 96 valence electrons. The summed E-state index contributed by atoms with van der Waals surface area (Å²) in [6.07, 6.45) is 14.0. The van der Waals surface area contributed by atoms with Gasteiger partial charge >= 0.3 is 0 Å². The van der Waals surface area contributed by atoms with Crippen molar-refractivity contribution in [2.75, 3.05) is 19.6 Å². The summed E-state index contributed by atoms with van der Waals surface area (Å²) in [5.74, 6) is 3.35. The maximum absolute atomic E-state index is 2.80. The van der Waals surface area contributed by atoms with Crippen molar-refractivity contribution in [3.05, 3.63) is 0 Å². The monoisotopic (exact) mass is 233 g/mol. The third-order valence-corrected chi connectivity index (χ3v) is 6.24. The summed E-state index contributed by atoms with van der Waals surface area (Å²) in [5, 5.41) is 0. The molecule has 0 radical (unpaired) electrons. The lowest BCUT2D eigenvalue weighted by molar-refractivity contribution is 0.00877. The van der Waals surface area contributed by atoms with Crippen LogP contribution in [0, 0.1) is 23.2 Å². The maximum Gasteiger partial charge on any atom is 0.00383 e. The van der Waals surface area contributed by atoms with E-state index in [-0.39, 0.29) is 0 Å². The first-order valence-electron chi connectivity index (χ1n) is 8.04. The Kier molecular flexibility index (Phi) is 2.54. The zero-order chi connectivity index (χ0) is 11.3. The van der Waals surface area contributed by atoms with E-state index >= 15 is 0 Å². The van der Waals surface area contributed by atoms with E-state index in [0.717, 1.165) is 23.2 Å². The SMILES string of the molecule is C1CCN(CC23CC4CCC(CC(C4)C2)C3)C1. The smallest absolute Gasteiger partial charge is 0.00383 e. The highest BCUT2D eigenvalue weighted by molar-refractivity contribution is 5.00. The molecule has 1 saturated heterocycles. The molecule has 2 unspecified atom stereocenters. The molecular weight excluding hydrogens is 206 g/mol. The molecule has 1 heterocycles. The molecule has 0 aromatic rings. The van der Waals surface area contributed by atoms with Crippen LogP contribution in [0.2, 0.25) is 0 Å². The third kappa shape index (κ3) is 1.95. The van der Waals surface area contributed by atoms with Crippen molar-refractivity contribution < 1.29 is 0 Å². The molecule has 1 heteroatoms. The normalized spacial score (nSPS) is 49.8. The summed E-state index contributed by atoms with van der Waals surface area (Å²) < 4.78 is 0. The number of hydrogen-bond donors (Lipinski definition) is 0. The van der Waals surface area contributed by atoms with Crippen molar-refractivity contribution in [1.29, 1.82) is 0 Å². The fraction of sp³-hybridized carbons (Fsp3) is 1.00. The van der Waals surface area contributed by atoms with E-state index in [4.69, 9.17) is 0 Å². The predicted molar refractivity (Wildman–Crippen MR) is 70.9 cm³/mol. The molecule has 4 aliphatic carbocycles. The van der Waals surface area contributed by atoms with E-state index in [9.17, 15) is 0 Å². The molecule has 0 spiro atoms. The van der Waals surface area contributed by atoms with Gasteiger partial charge in [-0.1, -0.05) is 12.8 Å². The van der Waals surface area contributed by atoms with Gasteiger partial charge < -0.3 is 4.90 Å². The molecule has 0 aromatic carbocycles. The summed E-state index contributed by atoms with van der Waals surface area (Å²) in [4.78, 5) is 2.80. The van der Waals surface area contributed by atoms with Crippen molar-refractivity contribution in [3.8, 4) is 0 Å². The molecule has 5 rings (SSSR count). The van der Waals surface area contributed by atoms with Gasteiger partial charge in [-0.05, 0) is 81.2 Å². The summed E-state index contributed by atoms with van der Waals surface area (Å²) in [5.41, 5.74) is 0.775. The Balaban J connectivity index is 1.55. The topological polar surface area (TPSA) is 3.24 Å². The quantitative estimate of drug-likeness (QED) is 0.703. The average molecular weight is 233 g/mol. The Bertz CT molecular complexity index is 276. The lowest BCUT2D eigenvalue weighted by atomic mass is 9.58. The minimum atomic E-state index is 0.775. The van der Waals surface area contributed by atoms with Gasteiger partial charge in [0.2, 0.25) is 0 Å². The molecule has 1 nitrogen and oxygen atoms in total. The molecule has 2 atom stereocenters. The van der Waals surface area contributed by atoms with Gasteiger partial charge in [-0.25, -0.2) is 0 Å². The average Bonchev–Trinajstić information content (AvgIpc) is 2.68. The maximum atomic E-state index is 2.80. The van der Waals surface area contributed by atoms with Crippen LogP contribution in [-0.4, -0.2) is 24.5 Å². The molecule has 17 heavy (non-hydrogen) atoms. The number of fused-ring (bicyclic) bond motifs is 1. The molecule has 5 fully saturated rings. The Hall–Kier alpha value is -0.0400. The largest absolute Gasteiger partial charge is 0.303 e. The van der Waals surface area contributed by atoms with Crippen LogP contribution in [-0.2, 0) is 0 Å². The lowest BCUT2D eigenvalue weighted by Crippen LogP contribution is -2.45. The van der Waals surface area contributed by atoms with E-state index in [1.807, 2.05) is 0 Å². The first-order chi connectivity index (χ1) is 8.31. The molecule has 0 amide bonds. The minimum Gasteiger partial charge on any atom is -0.303 e. The second-order valence-corrected chi connectivity index (χ2v) is 7.74. The first-order valence-corrected chi connectivity index (χ1v) is 8.04. The van der Waals surface area contributed by atoms with Crippen molar-refractivity contribution in [2.45, 2.75) is 57.8 Å². The van der Waals surface area contributed by atoms with Crippen LogP contribution in [0.3, 0.4) is 0 Å². The Labute approximate surface area is 106 Å². The predicted octanol–water partition coefficient (Wildman–Crippen LogP) is 3.69. The zero-order valence-corrected chi connectivity index (χ0v) is 11.2. The van der Waals surface area contributed by atoms with Crippen LogP contribution < -0.4 is 0 Å². The molecule has 5 aliphatic rings. The molecule has 0 aromatic heterocycles. The van der Waals surface area contributed by atoms with E-state index in [1.165, 1.54) is 32.5 Å². The van der Waals surface area contributed by atoms with Gasteiger partial charge in [-0.15, -0.1) is 0 Å². The highest BCUT2D eigenvalue weighted by Gasteiger charge is 2.48. The highest BCUT2D eigenvalue weighted by atomic mass is 15.1. The highest BCUT2D eigenvalue weighted by Crippen LogP contribution is 2.58. The summed E-state index contributed by atoms with van der Waals surface area (Å²) >= 11 is 0. The third-order valence-electron chi connectivity index (χ3n) is 6.24. The Morgan fingerprint density at radius 1 is 0.824 bits per heavy atom. The van der Waals surface area contributed by atoms with Gasteiger partial charge in [0.25, 0.3) is 0 Å². The summed E-state index contributed by atoms with van der Waals surface area (Å²) in [7, 11) is 0. The van der Waals surface area contributed by atoms with Crippen molar-refractivity contribution in [1.82, 2.24) is 4.90 Å². The number of hydrogen-bond acceptors (Lipinski definition) is 1. The van der Waals surface area contributed by atoms with Gasteiger partial charge in [0.05, 0.1) is 0 Å². The summed E-state index contributed by atoms with van der Waals surface area (Å²) in [6, 6.07) is 0. The number of rotatable bonds is 2. The lowest BCUT2D eigenvalue weighted by Gasteiger charge is -2.50. The van der Waals surface area contributed by atoms with Gasteiger partial charge in [-0.2, -0.15) is 0 Å². The van der Waals surface area contributed by atoms with Crippen molar-refractivity contribution >= 4 is 0 Å². The van der Waals surface area contributed by atoms with Gasteiger partial charge in [0.1, 0.15) is 0 Å². The van der Waals surface area contributed by atoms with Crippen molar-refractivity contribution in [3.63, 3.8) is 0 Å². The molecule has 4 bridgehead atoms. The van der Waals surface area contributed by atoms with Crippen LogP contribution in [0.25, 0.3) is 0 Å². The Morgan fingerprint density at radius 3 is 2.06 bits per heavy atom. The molecular formula is C16H27N.